The maximum absolute atomic E-state index is 12.0. The highest BCUT2D eigenvalue weighted by molar-refractivity contribution is 5.89. The van der Waals surface area contributed by atoms with E-state index in [0.29, 0.717) is 31.9 Å². The van der Waals surface area contributed by atoms with Crippen molar-refractivity contribution in [3.05, 3.63) is 35.4 Å². The van der Waals surface area contributed by atoms with E-state index in [1.165, 1.54) is 0 Å². The second kappa shape index (κ2) is 7.76. The van der Waals surface area contributed by atoms with Gasteiger partial charge in [-0.2, -0.15) is 0 Å². The van der Waals surface area contributed by atoms with Crippen LogP contribution >= 0.6 is 0 Å². The topological polar surface area (TPSA) is 72.9 Å². The molecule has 0 N–H and O–H groups in total. The maximum Gasteiger partial charge on any atom is 0.338 e. The minimum atomic E-state index is -0.388. The zero-order valence-corrected chi connectivity index (χ0v) is 13.4. The highest BCUT2D eigenvalue weighted by Crippen LogP contribution is 2.21. The maximum atomic E-state index is 12.0. The van der Waals surface area contributed by atoms with E-state index in [9.17, 15) is 14.4 Å². The predicted octanol–water partition coefficient (Wildman–Crippen LogP) is 1.77. The van der Waals surface area contributed by atoms with Crippen LogP contribution in [0.4, 0.5) is 0 Å². The van der Waals surface area contributed by atoms with Gasteiger partial charge < -0.3 is 14.4 Å². The van der Waals surface area contributed by atoms with E-state index in [1.807, 2.05) is 0 Å². The summed E-state index contributed by atoms with van der Waals surface area (Å²) in [6.45, 7) is 4.94. The third kappa shape index (κ3) is 4.31. The molecular formula is C17H21NO5. The van der Waals surface area contributed by atoms with Crippen molar-refractivity contribution in [1.82, 2.24) is 4.90 Å². The number of hydrogen-bond acceptors (Lipinski definition) is 5. The van der Waals surface area contributed by atoms with Crippen LogP contribution in [0.5, 0.6) is 0 Å². The lowest BCUT2D eigenvalue weighted by Crippen LogP contribution is -2.26. The van der Waals surface area contributed by atoms with Crippen LogP contribution in [0, 0.1) is 5.92 Å². The van der Waals surface area contributed by atoms with Crippen molar-refractivity contribution >= 4 is 17.8 Å². The van der Waals surface area contributed by atoms with Crippen molar-refractivity contribution in [1.29, 1.82) is 0 Å². The molecule has 6 heteroatoms. The summed E-state index contributed by atoms with van der Waals surface area (Å²) in [5, 5.41) is 0. The Kier molecular flexibility index (Phi) is 5.73. The monoisotopic (exact) mass is 319 g/mol. The lowest BCUT2D eigenvalue weighted by atomic mass is 10.1. The molecule has 0 aromatic heterocycles. The molecule has 0 radical (unpaired) electrons. The van der Waals surface area contributed by atoms with Crippen molar-refractivity contribution in [2.24, 2.45) is 5.92 Å². The second-order valence-electron chi connectivity index (χ2n) is 5.34. The number of hydrogen-bond donors (Lipinski definition) is 0. The number of likely N-dealkylation sites (tertiary alicyclic amines) is 1. The molecule has 1 aromatic rings. The summed E-state index contributed by atoms with van der Waals surface area (Å²) in [6, 6.07) is 6.93. The summed E-state index contributed by atoms with van der Waals surface area (Å²) in [5.41, 5.74) is 1.38. The van der Waals surface area contributed by atoms with Gasteiger partial charge in [0.05, 0.1) is 24.7 Å². The zero-order valence-electron chi connectivity index (χ0n) is 13.4. The average Bonchev–Trinajstić information content (AvgIpc) is 2.90. The number of esters is 2. The van der Waals surface area contributed by atoms with E-state index in [1.54, 1.807) is 43.0 Å². The molecule has 1 fully saturated rings. The molecule has 0 saturated carbocycles. The highest BCUT2D eigenvalue weighted by Gasteiger charge is 2.35. The highest BCUT2D eigenvalue weighted by atomic mass is 16.5. The summed E-state index contributed by atoms with van der Waals surface area (Å²) in [4.78, 5) is 37.0. The van der Waals surface area contributed by atoms with Crippen molar-refractivity contribution in [2.45, 2.75) is 26.8 Å². The first kappa shape index (κ1) is 17.0. The van der Waals surface area contributed by atoms with Crippen LogP contribution in [0.25, 0.3) is 0 Å². The van der Waals surface area contributed by atoms with Crippen LogP contribution < -0.4 is 0 Å². The lowest BCUT2D eigenvalue weighted by Gasteiger charge is -2.16. The largest absolute Gasteiger partial charge is 0.466 e. The Balaban J connectivity index is 1.95. The SMILES string of the molecule is CCOC(=O)c1ccc(CN2C[C@H](C(=O)OCC)CC2=O)cc1. The summed E-state index contributed by atoms with van der Waals surface area (Å²) in [6.07, 6.45) is 0.194. The first-order valence-electron chi connectivity index (χ1n) is 7.75. The smallest absolute Gasteiger partial charge is 0.338 e. The van der Waals surface area contributed by atoms with Crippen LogP contribution in [-0.2, 0) is 25.6 Å². The third-order valence-corrected chi connectivity index (χ3v) is 3.67. The fraction of sp³-hybridized carbons (Fsp3) is 0.471. The molecule has 6 nitrogen and oxygen atoms in total. The Morgan fingerprint density at radius 2 is 1.78 bits per heavy atom. The molecule has 2 rings (SSSR count). The molecule has 1 atom stereocenters. The summed E-state index contributed by atoms with van der Waals surface area (Å²) < 4.78 is 9.90. The Bertz CT molecular complexity index is 581. The minimum absolute atomic E-state index is 0.0578. The van der Waals surface area contributed by atoms with Crippen LogP contribution in [0.15, 0.2) is 24.3 Å². The predicted molar refractivity (Wildman–Crippen MR) is 82.6 cm³/mol. The minimum Gasteiger partial charge on any atom is -0.466 e. The second-order valence-corrected chi connectivity index (χ2v) is 5.34. The summed E-state index contributed by atoms with van der Waals surface area (Å²) >= 11 is 0. The van der Waals surface area contributed by atoms with Crippen molar-refractivity contribution in [2.75, 3.05) is 19.8 Å². The van der Waals surface area contributed by atoms with Gasteiger partial charge >= 0.3 is 11.9 Å². The van der Waals surface area contributed by atoms with Gasteiger partial charge in [0.15, 0.2) is 0 Å². The Morgan fingerprint density at radius 3 is 2.39 bits per heavy atom. The van der Waals surface area contributed by atoms with E-state index in [2.05, 4.69) is 0 Å². The number of ether oxygens (including phenoxy) is 2. The molecule has 1 aliphatic heterocycles. The van der Waals surface area contributed by atoms with Crippen LogP contribution in [0.2, 0.25) is 0 Å². The molecule has 124 valence electrons. The van der Waals surface area contributed by atoms with E-state index >= 15 is 0 Å². The molecule has 1 aliphatic rings. The number of benzene rings is 1. The molecule has 1 saturated heterocycles. The van der Waals surface area contributed by atoms with Gasteiger partial charge in [-0.05, 0) is 31.5 Å². The van der Waals surface area contributed by atoms with Gasteiger partial charge in [0.25, 0.3) is 0 Å². The van der Waals surface area contributed by atoms with E-state index in [-0.39, 0.29) is 30.2 Å². The number of nitrogens with zero attached hydrogens (tertiary/aromatic N) is 1. The Hall–Kier alpha value is -2.37. The quantitative estimate of drug-likeness (QED) is 0.747. The molecule has 1 aromatic carbocycles. The average molecular weight is 319 g/mol. The van der Waals surface area contributed by atoms with Gasteiger partial charge in [-0.15, -0.1) is 0 Å². The standard InChI is InChI=1S/C17H21NO5/c1-3-22-16(20)13-7-5-12(6-8-13)10-18-11-14(9-15(18)19)17(21)23-4-2/h5-8,14H,3-4,9-11H2,1-2H3/t14-/m1/s1. The first-order valence-corrected chi connectivity index (χ1v) is 7.75. The molecule has 23 heavy (non-hydrogen) atoms. The zero-order chi connectivity index (χ0) is 16.8. The van der Waals surface area contributed by atoms with E-state index in [4.69, 9.17) is 9.47 Å². The van der Waals surface area contributed by atoms with Gasteiger partial charge in [0.1, 0.15) is 0 Å². The molecule has 0 spiro atoms. The number of carbonyl (C=O) groups excluding carboxylic acids is 3. The van der Waals surface area contributed by atoms with Gasteiger partial charge in [-0.3, -0.25) is 9.59 Å². The first-order chi connectivity index (χ1) is 11.0. The van der Waals surface area contributed by atoms with E-state index in [0.717, 1.165) is 5.56 Å². The molecular weight excluding hydrogens is 298 g/mol. The van der Waals surface area contributed by atoms with Crippen LogP contribution in [0.3, 0.4) is 0 Å². The Labute approximate surface area is 135 Å². The number of carbonyl (C=O) groups is 3. The fourth-order valence-corrected chi connectivity index (χ4v) is 2.52. The van der Waals surface area contributed by atoms with Crippen LogP contribution in [-0.4, -0.2) is 42.5 Å². The number of amides is 1. The normalized spacial score (nSPS) is 17.2. The van der Waals surface area contributed by atoms with Crippen molar-refractivity contribution < 1.29 is 23.9 Å². The van der Waals surface area contributed by atoms with Crippen LogP contribution in [0.1, 0.15) is 36.2 Å². The van der Waals surface area contributed by atoms with E-state index < -0.39 is 0 Å². The van der Waals surface area contributed by atoms with Crippen molar-refractivity contribution in [3.8, 4) is 0 Å². The van der Waals surface area contributed by atoms with Crippen molar-refractivity contribution in [3.63, 3.8) is 0 Å². The van der Waals surface area contributed by atoms with Gasteiger partial charge in [0.2, 0.25) is 5.91 Å². The Morgan fingerprint density at radius 1 is 1.13 bits per heavy atom. The molecule has 1 amide bonds. The fourth-order valence-electron chi connectivity index (χ4n) is 2.52. The van der Waals surface area contributed by atoms with Gasteiger partial charge in [0, 0.05) is 19.5 Å². The number of rotatable bonds is 6. The van der Waals surface area contributed by atoms with Gasteiger partial charge in [-0.25, -0.2) is 4.79 Å². The molecule has 0 bridgehead atoms. The summed E-state index contributed by atoms with van der Waals surface area (Å²) in [5.74, 6) is -1.13. The van der Waals surface area contributed by atoms with Gasteiger partial charge in [-0.1, -0.05) is 12.1 Å². The summed E-state index contributed by atoms with van der Waals surface area (Å²) in [7, 11) is 0. The third-order valence-electron chi connectivity index (χ3n) is 3.67. The molecule has 0 unspecified atom stereocenters. The molecule has 0 aliphatic carbocycles. The lowest BCUT2D eigenvalue weighted by molar-refractivity contribution is -0.147. The molecule has 1 heterocycles.